The van der Waals surface area contributed by atoms with E-state index < -0.39 is 30.4 Å². The first-order valence-corrected chi connectivity index (χ1v) is 6.36. The van der Waals surface area contributed by atoms with Gasteiger partial charge in [-0.05, 0) is 17.8 Å². The fourth-order valence-corrected chi connectivity index (χ4v) is 1.57. The number of benzene rings is 1. The summed E-state index contributed by atoms with van der Waals surface area (Å²) in [7, 11) is 0. The number of halogens is 8. The van der Waals surface area contributed by atoms with Crippen molar-refractivity contribution in [3.63, 3.8) is 0 Å². The van der Waals surface area contributed by atoms with Crippen LogP contribution < -0.4 is 10.6 Å². The number of alkyl halides is 8. The highest BCUT2D eigenvalue weighted by atomic mass is 32.1. The summed E-state index contributed by atoms with van der Waals surface area (Å²) >= 11 is 4.56. The molecule has 0 aliphatic heterocycles. The largest absolute Gasteiger partial charge is 0.458 e. The second-order valence-electron chi connectivity index (χ2n) is 4.42. The van der Waals surface area contributed by atoms with E-state index in [1.807, 2.05) is 5.32 Å². The summed E-state index contributed by atoms with van der Waals surface area (Å²) in [5.74, 6) is -4.98. The van der Waals surface area contributed by atoms with Crippen LogP contribution in [0, 0.1) is 0 Å². The van der Waals surface area contributed by atoms with Gasteiger partial charge in [0.1, 0.15) is 6.54 Å². The Hall–Kier alpha value is -1.65. The van der Waals surface area contributed by atoms with E-state index in [0.29, 0.717) is 12.1 Å². The Morgan fingerprint density at radius 1 is 0.870 bits per heavy atom. The van der Waals surface area contributed by atoms with E-state index in [1.165, 1.54) is 0 Å². The molecule has 0 aliphatic carbocycles. The zero-order valence-corrected chi connectivity index (χ0v) is 12.0. The highest BCUT2D eigenvalue weighted by Gasteiger charge is 2.58. The number of nitrogens with one attached hydrogen (secondary N) is 2. The molecule has 0 unspecified atom stereocenters. The lowest BCUT2D eigenvalue weighted by Gasteiger charge is -2.20. The number of hydrogen-bond acceptors (Lipinski definition) is 1. The molecule has 23 heavy (non-hydrogen) atoms. The van der Waals surface area contributed by atoms with Gasteiger partial charge in [-0.15, -0.1) is 0 Å². The molecule has 0 saturated heterocycles. The van der Waals surface area contributed by atoms with Gasteiger partial charge in [0.05, 0.1) is 0 Å². The van der Waals surface area contributed by atoms with Gasteiger partial charge in [-0.3, -0.25) is 0 Å². The number of thiocarbonyl (C=S) groups is 1. The summed E-state index contributed by atoms with van der Waals surface area (Å²) in [6.45, 7) is -1.49. The van der Waals surface area contributed by atoms with E-state index in [-0.39, 0.29) is 17.2 Å². The molecule has 0 heterocycles. The van der Waals surface area contributed by atoms with Crippen LogP contribution >= 0.6 is 12.2 Å². The zero-order chi connectivity index (χ0) is 17.9. The second kappa shape index (κ2) is 6.85. The molecular formula is C12H10F8N2S. The molecule has 0 amide bonds. The SMILES string of the molecule is FC(F)(F)CNC(=S)NCc1ccc(C(F)(F)C(F)(F)F)cc1. The molecule has 0 saturated carbocycles. The van der Waals surface area contributed by atoms with E-state index in [1.54, 1.807) is 0 Å². The standard InChI is InChI=1S/C12H10F8N2S/c13-10(14,15)6-22-9(23)21-5-7-1-3-8(4-2-7)11(16,17)12(18,19)20/h1-4H,5-6H2,(H2,21,22,23). The first-order chi connectivity index (χ1) is 10.3. The van der Waals surface area contributed by atoms with Crippen LogP contribution in [0.2, 0.25) is 0 Å². The number of hydrogen-bond donors (Lipinski definition) is 2. The lowest BCUT2D eigenvalue weighted by Crippen LogP contribution is -2.40. The van der Waals surface area contributed by atoms with Crippen molar-refractivity contribution in [1.82, 2.24) is 10.6 Å². The fraction of sp³-hybridized carbons (Fsp3) is 0.417. The molecule has 1 aromatic rings. The fourth-order valence-electron chi connectivity index (χ4n) is 1.42. The minimum Gasteiger partial charge on any atom is -0.359 e. The molecule has 2 N–H and O–H groups in total. The second-order valence-corrected chi connectivity index (χ2v) is 4.83. The van der Waals surface area contributed by atoms with Crippen molar-refractivity contribution in [3.8, 4) is 0 Å². The average Bonchev–Trinajstić information content (AvgIpc) is 2.41. The van der Waals surface area contributed by atoms with Crippen molar-refractivity contribution in [2.45, 2.75) is 24.8 Å². The summed E-state index contributed by atoms with van der Waals surface area (Å²) in [4.78, 5) is 0. The van der Waals surface area contributed by atoms with Crippen molar-refractivity contribution in [2.24, 2.45) is 0 Å². The molecule has 0 radical (unpaired) electrons. The van der Waals surface area contributed by atoms with Gasteiger partial charge in [0.15, 0.2) is 5.11 Å². The minimum atomic E-state index is -5.71. The summed E-state index contributed by atoms with van der Waals surface area (Å²) < 4.78 is 98.4. The smallest absolute Gasteiger partial charge is 0.359 e. The van der Waals surface area contributed by atoms with Gasteiger partial charge in [0, 0.05) is 12.1 Å². The molecule has 0 aliphatic rings. The van der Waals surface area contributed by atoms with Gasteiger partial charge in [-0.1, -0.05) is 24.3 Å². The lowest BCUT2D eigenvalue weighted by atomic mass is 10.1. The molecule has 0 bridgehead atoms. The normalized spacial score (nSPS) is 12.9. The quantitative estimate of drug-likeness (QED) is 0.625. The van der Waals surface area contributed by atoms with E-state index in [0.717, 1.165) is 12.1 Å². The van der Waals surface area contributed by atoms with Crippen molar-refractivity contribution >= 4 is 17.3 Å². The molecule has 0 fully saturated rings. The van der Waals surface area contributed by atoms with Crippen LogP contribution in [-0.4, -0.2) is 24.0 Å². The Morgan fingerprint density at radius 2 is 1.39 bits per heavy atom. The van der Waals surface area contributed by atoms with E-state index in [9.17, 15) is 35.1 Å². The highest BCUT2D eigenvalue weighted by molar-refractivity contribution is 7.80. The first kappa shape index (κ1) is 19.4. The Morgan fingerprint density at radius 3 is 1.83 bits per heavy atom. The molecule has 130 valence electrons. The van der Waals surface area contributed by atoms with Crippen LogP contribution in [0.15, 0.2) is 24.3 Å². The maximum atomic E-state index is 13.0. The van der Waals surface area contributed by atoms with Gasteiger partial charge in [0.2, 0.25) is 0 Å². The summed E-state index contributed by atoms with van der Waals surface area (Å²) in [5.41, 5.74) is -0.964. The van der Waals surface area contributed by atoms with Crippen LogP contribution in [0.1, 0.15) is 11.1 Å². The third-order valence-electron chi connectivity index (χ3n) is 2.57. The predicted molar refractivity (Wildman–Crippen MR) is 69.9 cm³/mol. The van der Waals surface area contributed by atoms with Crippen molar-refractivity contribution in [2.75, 3.05) is 6.54 Å². The maximum Gasteiger partial charge on any atom is 0.458 e. The molecular weight excluding hydrogens is 356 g/mol. The van der Waals surface area contributed by atoms with Crippen molar-refractivity contribution in [1.29, 1.82) is 0 Å². The molecule has 1 aromatic carbocycles. The van der Waals surface area contributed by atoms with Crippen molar-refractivity contribution < 1.29 is 35.1 Å². The van der Waals surface area contributed by atoms with Gasteiger partial charge >= 0.3 is 18.3 Å². The zero-order valence-electron chi connectivity index (χ0n) is 11.2. The van der Waals surface area contributed by atoms with Crippen LogP contribution in [0.5, 0.6) is 0 Å². The van der Waals surface area contributed by atoms with E-state index in [2.05, 4.69) is 17.5 Å². The molecule has 0 spiro atoms. The van der Waals surface area contributed by atoms with Gasteiger partial charge in [0.25, 0.3) is 0 Å². The lowest BCUT2D eigenvalue weighted by molar-refractivity contribution is -0.289. The monoisotopic (exact) mass is 366 g/mol. The highest BCUT2D eigenvalue weighted by Crippen LogP contribution is 2.43. The van der Waals surface area contributed by atoms with Gasteiger partial charge in [-0.2, -0.15) is 35.1 Å². The van der Waals surface area contributed by atoms with Crippen LogP contribution in [0.4, 0.5) is 35.1 Å². The average molecular weight is 366 g/mol. The topological polar surface area (TPSA) is 24.1 Å². The summed E-state index contributed by atoms with van der Waals surface area (Å²) in [5, 5.41) is 3.92. The summed E-state index contributed by atoms with van der Waals surface area (Å²) in [6, 6.07) is 3.18. The van der Waals surface area contributed by atoms with Gasteiger partial charge in [-0.25, -0.2) is 0 Å². The Bertz CT molecular complexity index is 535. The predicted octanol–water partition coefficient (Wildman–Crippen LogP) is 3.87. The molecule has 0 aromatic heterocycles. The third-order valence-corrected chi connectivity index (χ3v) is 2.86. The summed E-state index contributed by atoms with van der Waals surface area (Å²) in [6.07, 6.45) is -10.2. The first-order valence-electron chi connectivity index (χ1n) is 5.95. The van der Waals surface area contributed by atoms with Crippen LogP contribution in [0.3, 0.4) is 0 Å². The molecule has 0 atom stereocenters. The Balaban J connectivity index is 2.60. The Labute approximate surface area is 130 Å². The molecule has 2 nitrogen and oxygen atoms in total. The Kier molecular flexibility index (Phi) is 5.78. The minimum absolute atomic E-state index is 0.137. The van der Waals surface area contributed by atoms with Crippen LogP contribution in [0.25, 0.3) is 0 Å². The number of rotatable bonds is 4. The van der Waals surface area contributed by atoms with Gasteiger partial charge < -0.3 is 10.6 Å². The molecule has 11 heteroatoms. The third kappa shape index (κ3) is 5.81. The van der Waals surface area contributed by atoms with Crippen LogP contribution in [-0.2, 0) is 12.5 Å². The molecule has 1 rings (SSSR count). The van der Waals surface area contributed by atoms with E-state index in [4.69, 9.17) is 0 Å². The van der Waals surface area contributed by atoms with Crippen molar-refractivity contribution in [3.05, 3.63) is 35.4 Å². The van der Waals surface area contributed by atoms with E-state index >= 15 is 0 Å². The maximum absolute atomic E-state index is 13.0.